The number of pyridine rings is 1. The van der Waals surface area contributed by atoms with Crippen LogP contribution in [0.5, 0.6) is 0 Å². The van der Waals surface area contributed by atoms with Crippen molar-refractivity contribution < 1.29 is 26.4 Å². The van der Waals surface area contributed by atoms with E-state index in [4.69, 9.17) is 0 Å². The monoisotopic (exact) mass is 464 g/mol. The number of halogens is 3. The third kappa shape index (κ3) is 6.71. The van der Waals surface area contributed by atoms with Gasteiger partial charge in [0.05, 0.1) is 11.3 Å². The molecule has 0 atom stereocenters. The van der Waals surface area contributed by atoms with Crippen LogP contribution in [0.1, 0.15) is 16.7 Å². The highest BCUT2D eigenvalue weighted by molar-refractivity contribution is 7.91. The molecule has 1 heterocycles. The van der Waals surface area contributed by atoms with Crippen molar-refractivity contribution in [2.75, 3.05) is 10.0 Å². The molecule has 1 aromatic heterocycles. The van der Waals surface area contributed by atoms with Gasteiger partial charge in [0.2, 0.25) is 10.0 Å². The van der Waals surface area contributed by atoms with Gasteiger partial charge in [-0.25, -0.2) is 13.2 Å². The maximum atomic E-state index is 13.1. The van der Waals surface area contributed by atoms with Crippen molar-refractivity contribution in [2.45, 2.75) is 18.5 Å². The molecule has 0 fully saturated rings. The van der Waals surface area contributed by atoms with Gasteiger partial charge in [0.15, 0.2) is 0 Å². The van der Waals surface area contributed by atoms with Gasteiger partial charge in [0.25, 0.3) is 0 Å². The number of aromatic nitrogens is 1. The highest BCUT2D eigenvalue weighted by Crippen LogP contribution is 2.32. The molecule has 3 N–H and O–H groups in total. The molecule has 3 aromatic rings. The molecule has 0 aliphatic heterocycles. The Bertz CT molecular complexity index is 1170. The van der Waals surface area contributed by atoms with E-state index < -0.39 is 33.5 Å². The van der Waals surface area contributed by atoms with Gasteiger partial charge in [-0.15, -0.1) is 0 Å². The topological polar surface area (TPSA) is 100 Å². The quantitative estimate of drug-likeness (QED) is 0.484. The van der Waals surface area contributed by atoms with Crippen LogP contribution in [0.2, 0.25) is 0 Å². The highest BCUT2D eigenvalue weighted by atomic mass is 32.2. The summed E-state index contributed by atoms with van der Waals surface area (Å²) in [4.78, 5) is 15.9. The average Bonchev–Trinajstić information content (AvgIpc) is 2.73. The summed E-state index contributed by atoms with van der Waals surface area (Å²) in [6.45, 7) is 0.297. The smallest absolute Gasteiger partial charge is 0.334 e. The first-order valence-corrected chi connectivity index (χ1v) is 11.0. The number of nitrogens with one attached hydrogen (secondary N) is 3. The van der Waals surface area contributed by atoms with Gasteiger partial charge in [0, 0.05) is 30.3 Å². The Labute approximate surface area is 182 Å². The number of hydrogen-bond donors (Lipinski definition) is 3. The lowest BCUT2D eigenvalue weighted by Gasteiger charge is -2.14. The second kappa shape index (κ2) is 9.69. The highest BCUT2D eigenvalue weighted by Gasteiger charge is 2.34. The number of rotatable bonds is 7. The molecule has 0 saturated carbocycles. The van der Waals surface area contributed by atoms with Gasteiger partial charge in [0.1, 0.15) is 0 Å². The summed E-state index contributed by atoms with van der Waals surface area (Å²) in [6.07, 6.45) is -1.44. The van der Waals surface area contributed by atoms with Gasteiger partial charge in [-0.1, -0.05) is 18.2 Å². The fourth-order valence-corrected chi connectivity index (χ4v) is 4.05. The zero-order chi connectivity index (χ0) is 23.2. The first-order valence-electron chi connectivity index (χ1n) is 9.32. The molecule has 32 heavy (non-hydrogen) atoms. The number of benzene rings is 2. The maximum Gasteiger partial charge on any atom is 0.416 e. The van der Waals surface area contributed by atoms with Crippen LogP contribution in [-0.2, 0) is 28.5 Å². The van der Waals surface area contributed by atoms with Gasteiger partial charge in [-0.2, -0.15) is 13.2 Å². The Kier molecular flexibility index (Phi) is 6.98. The molecule has 2 aromatic carbocycles. The number of carbonyl (C=O) groups is 1. The molecule has 7 nitrogen and oxygen atoms in total. The maximum absolute atomic E-state index is 13.1. The number of hydrogen-bond acceptors (Lipinski definition) is 4. The van der Waals surface area contributed by atoms with Crippen molar-refractivity contribution in [1.82, 2.24) is 10.3 Å². The van der Waals surface area contributed by atoms with Crippen LogP contribution in [0.25, 0.3) is 0 Å². The van der Waals surface area contributed by atoms with Crippen LogP contribution in [0.4, 0.5) is 29.3 Å². The summed E-state index contributed by atoms with van der Waals surface area (Å²) in [7, 11) is -4.10. The lowest BCUT2D eigenvalue weighted by Crippen LogP contribution is -2.28. The molecular formula is C21H19F3N4O3S. The Balaban J connectivity index is 1.58. The molecule has 0 aliphatic carbocycles. The molecule has 0 aliphatic rings. The van der Waals surface area contributed by atoms with Crippen LogP contribution in [0, 0.1) is 0 Å². The van der Waals surface area contributed by atoms with Crippen molar-refractivity contribution in [3.63, 3.8) is 0 Å². The second-order valence-corrected chi connectivity index (χ2v) is 8.48. The normalized spacial score (nSPS) is 11.6. The van der Waals surface area contributed by atoms with E-state index in [2.05, 4.69) is 20.3 Å². The standard InChI is InChI=1S/C21H19F3N4O3S/c22-21(23,24)19-4-2-1-3-16(19)14-32(30,31)28-18-7-5-17(6-8-18)27-20(29)26-13-15-9-11-25-12-10-15/h1-12,28H,13-14H2,(H2,26,27,29). The lowest BCUT2D eigenvalue weighted by molar-refractivity contribution is -0.138. The minimum absolute atomic E-state index is 0.150. The summed E-state index contributed by atoms with van der Waals surface area (Å²) in [6, 6.07) is 13.3. The summed E-state index contributed by atoms with van der Waals surface area (Å²) < 4.78 is 66.3. The van der Waals surface area contributed by atoms with E-state index >= 15 is 0 Å². The van der Waals surface area contributed by atoms with E-state index in [0.29, 0.717) is 12.2 Å². The number of carbonyl (C=O) groups excluding carboxylic acids is 1. The molecule has 0 spiro atoms. The van der Waals surface area contributed by atoms with E-state index in [1.807, 2.05) is 0 Å². The molecule has 0 unspecified atom stereocenters. The van der Waals surface area contributed by atoms with Gasteiger partial charge < -0.3 is 10.6 Å². The first kappa shape index (κ1) is 23.1. The SMILES string of the molecule is O=C(NCc1ccncc1)Nc1ccc(NS(=O)(=O)Cc2ccccc2C(F)(F)F)cc1. The van der Waals surface area contributed by atoms with E-state index in [0.717, 1.165) is 17.7 Å². The number of anilines is 2. The molecule has 3 rings (SSSR count). The van der Waals surface area contributed by atoms with E-state index in [-0.39, 0.29) is 11.3 Å². The summed E-state index contributed by atoms with van der Waals surface area (Å²) in [5.74, 6) is -0.833. The Morgan fingerprint density at radius 1 is 0.906 bits per heavy atom. The van der Waals surface area contributed by atoms with Crippen LogP contribution in [0.15, 0.2) is 73.1 Å². The predicted molar refractivity (Wildman–Crippen MR) is 114 cm³/mol. The minimum Gasteiger partial charge on any atom is -0.334 e. The molecule has 11 heteroatoms. The van der Waals surface area contributed by atoms with Crippen LogP contribution < -0.4 is 15.4 Å². The van der Waals surface area contributed by atoms with E-state index in [1.165, 1.54) is 36.4 Å². The van der Waals surface area contributed by atoms with Crippen molar-refractivity contribution in [1.29, 1.82) is 0 Å². The number of nitrogens with zero attached hydrogens (tertiary/aromatic N) is 1. The van der Waals surface area contributed by atoms with Gasteiger partial charge in [-0.05, 0) is 53.6 Å². The Morgan fingerprint density at radius 2 is 1.53 bits per heavy atom. The lowest BCUT2D eigenvalue weighted by atomic mass is 10.1. The predicted octanol–water partition coefficient (Wildman–Crippen LogP) is 4.36. The zero-order valence-corrected chi connectivity index (χ0v) is 17.4. The molecule has 0 bridgehead atoms. The fourth-order valence-electron chi connectivity index (χ4n) is 2.82. The van der Waals surface area contributed by atoms with Crippen molar-refractivity contribution in [3.05, 3.63) is 89.7 Å². The molecule has 0 saturated heterocycles. The Hall–Kier alpha value is -3.60. The number of alkyl halides is 3. The van der Waals surface area contributed by atoms with Crippen LogP contribution in [-0.4, -0.2) is 19.4 Å². The fraction of sp³-hybridized carbons (Fsp3) is 0.143. The molecular weight excluding hydrogens is 445 g/mol. The number of urea groups is 1. The molecule has 0 radical (unpaired) electrons. The van der Waals surface area contributed by atoms with Crippen molar-refractivity contribution >= 4 is 27.4 Å². The summed E-state index contributed by atoms with van der Waals surface area (Å²) in [5, 5.41) is 5.26. The Morgan fingerprint density at radius 3 is 2.19 bits per heavy atom. The minimum atomic E-state index is -4.66. The third-order valence-corrected chi connectivity index (χ3v) is 5.52. The van der Waals surface area contributed by atoms with E-state index in [9.17, 15) is 26.4 Å². The van der Waals surface area contributed by atoms with Crippen LogP contribution >= 0.6 is 0 Å². The summed E-state index contributed by atoms with van der Waals surface area (Å²) >= 11 is 0. The average molecular weight is 464 g/mol. The summed E-state index contributed by atoms with van der Waals surface area (Å²) in [5.41, 5.74) is 0.0752. The zero-order valence-electron chi connectivity index (χ0n) is 16.6. The van der Waals surface area contributed by atoms with Crippen molar-refractivity contribution in [2.24, 2.45) is 0 Å². The van der Waals surface area contributed by atoms with Crippen molar-refractivity contribution in [3.8, 4) is 0 Å². The van der Waals surface area contributed by atoms with E-state index in [1.54, 1.807) is 24.5 Å². The molecule has 2 amide bonds. The number of amides is 2. The van der Waals surface area contributed by atoms with Gasteiger partial charge in [-0.3, -0.25) is 9.71 Å². The first-order chi connectivity index (χ1) is 15.1. The number of sulfonamides is 1. The van der Waals surface area contributed by atoms with Crippen LogP contribution in [0.3, 0.4) is 0 Å². The van der Waals surface area contributed by atoms with Gasteiger partial charge >= 0.3 is 12.2 Å². The largest absolute Gasteiger partial charge is 0.416 e. The second-order valence-electron chi connectivity index (χ2n) is 6.76. The molecule has 168 valence electrons. The third-order valence-electron chi connectivity index (χ3n) is 4.29.